The molecule has 0 spiro atoms. The van der Waals surface area contributed by atoms with Crippen molar-refractivity contribution in [1.82, 2.24) is 19.6 Å². The zero-order valence-corrected chi connectivity index (χ0v) is 19.4. The number of carbonyl (C=O) groups excluding carboxylic acids is 1. The summed E-state index contributed by atoms with van der Waals surface area (Å²) in [5, 5.41) is 4.00. The van der Waals surface area contributed by atoms with Crippen molar-refractivity contribution < 1.29 is 9.53 Å². The van der Waals surface area contributed by atoms with Gasteiger partial charge in [-0.2, -0.15) is 4.37 Å². The van der Waals surface area contributed by atoms with Gasteiger partial charge in [-0.3, -0.25) is 9.69 Å². The summed E-state index contributed by atoms with van der Waals surface area (Å²) in [5.74, 6) is 1.68. The highest BCUT2D eigenvalue weighted by Crippen LogP contribution is 2.21. The molecule has 168 valence electrons. The molecule has 0 radical (unpaired) electrons. The summed E-state index contributed by atoms with van der Waals surface area (Å²) in [7, 11) is 1.68. The number of aromatic nitrogens is 2. The van der Waals surface area contributed by atoms with Crippen molar-refractivity contribution in [3.8, 4) is 5.75 Å². The molecule has 3 aromatic rings. The molecule has 1 N–H and O–H groups in total. The van der Waals surface area contributed by atoms with Crippen LogP contribution in [-0.2, 0) is 6.42 Å². The summed E-state index contributed by atoms with van der Waals surface area (Å²) < 4.78 is 9.85. The van der Waals surface area contributed by atoms with Crippen LogP contribution in [0.3, 0.4) is 0 Å². The van der Waals surface area contributed by atoms with Crippen LogP contribution >= 0.6 is 11.5 Å². The second kappa shape index (κ2) is 10.6. The highest BCUT2D eigenvalue weighted by Gasteiger charge is 2.20. The van der Waals surface area contributed by atoms with E-state index in [4.69, 9.17) is 9.72 Å². The van der Waals surface area contributed by atoms with Gasteiger partial charge in [0.2, 0.25) is 5.13 Å². The van der Waals surface area contributed by atoms with Gasteiger partial charge in [-0.15, -0.1) is 0 Å². The van der Waals surface area contributed by atoms with E-state index in [1.165, 1.54) is 11.5 Å². The van der Waals surface area contributed by atoms with Gasteiger partial charge < -0.3 is 15.0 Å². The number of aryl methyl sites for hydroxylation is 1. The molecule has 0 saturated carbocycles. The smallest absolute Gasteiger partial charge is 0.251 e. The summed E-state index contributed by atoms with van der Waals surface area (Å²) in [5.41, 5.74) is 3.01. The molecule has 1 saturated heterocycles. The van der Waals surface area contributed by atoms with Crippen molar-refractivity contribution in [3.05, 3.63) is 71.0 Å². The Morgan fingerprint density at radius 1 is 1.12 bits per heavy atom. The van der Waals surface area contributed by atoms with E-state index in [1.54, 1.807) is 7.11 Å². The number of rotatable bonds is 8. The Morgan fingerprint density at radius 2 is 1.91 bits per heavy atom. The minimum Gasteiger partial charge on any atom is -0.497 e. The van der Waals surface area contributed by atoms with Gasteiger partial charge in [-0.1, -0.05) is 29.8 Å². The van der Waals surface area contributed by atoms with Crippen LogP contribution in [0, 0.1) is 6.92 Å². The van der Waals surface area contributed by atoms with Crippen molar-refractivity contribution in [2.75, 3.05) is 51.3 Å². The Morgan fingerprint density at radius 3 is 2.66 bits per heavy atom. The van der Waals surface area contributed by atoms with E-state index in [0.717, 1.165) is 60.6 Å². The molecule has 2 aromatic carbocycles. The van der Waals surface area contributed by atoms with Crippen molar-refractivity contribution >= 4 is 22.6 Å². The monoisotopic (exact) mass is 451 g/mol. The third-order valence-electron chi connectivity index (χ3n) is 5.62. The largest absolute Gasteiger partial charge is 0.497 e. The number of hydrogen-bond acceptors (Lipinski definition) is 7. The molecule has 0 bridgehead atoms. The van der Waals surface area contributed by atoms with Gasteiger partial charge in [0.25, 0.3) is 5.91 Å². The molecule has 1 fully saturated rings. The van der Waals surface area contributed by atoms with Crippen LogP contribution in [0.4, 0.5) is 5.13 Å². The predicted molar refractivity (Wildman–Crippen MR) is 128 cm³/mol. The van der Waals surface area contributed by atoms with E-state index < -0.39 is 0 Å². The fourth-order valence-electron chi connectivity index (χ4n) is 3.71. The first-order valence-electron chi connectivity index (χ1n) is 10.9. The summed E-state index contributed by atoms with van der Waals surface area (Å²) in [6.45, 7) is 7.25. The molecule has 8 heteroatoms. The topological polar surface area (TPSA) is 70.6 Å². The molecule has 0 aliphatic carbocycles. The molecular formula is C24H29N5O2S. The van der Waals surface area contributed by atoms with Crippen LogP contribution in [0.2, 0.25) is 0 Å². The number of nitrogens with one attached hydrogen (secondary N) is 1. The zero-order valence-electron chi connectivity index (χ0n) is 18.6. The Bertz CT molecular complexity index is 1030. The second-order valence-corrected chi connectivity index (χ2v) is 8.70. The highest BCUT2D eigenvalue weighted by atomic mass is 32.1. The van der Waals surface area contributed by atoms with Gasteiger partial charge in [0.15, 0.2) is 0 Å². The van der Waals surface area contributed by atoms with Gasteiger partial charge in [0, 0.05) is 62.8 Å². The second-order valence-electron chi connectivity index (χ2n) is 7.97. The van der Waals surface area contributed by atoms with Crippen LogP contribution in [-0.4, -0.2) is 66.5 Å². The van der Waals surface area contributed by atoms with Crippen molar-refractivity contribution in [2.24, 2.45) is 0 Å². The number of anilines is 1. The highest BCUT2D eigenvalue weighted by molar-refractivity contribution is 7.09. The number of benzene rings is 2. The fraction of sp³-hybridized carbons (Fsp3) is 0.375. The standard InChI is InChI=1S/C24H29N5O2S/c1-18-6-8-20(9-7-18)23(30)25-10-11-28-12-14-29(15-13-28)24-26-22(27-32-24)17-19-4-3-5-21(16-19)31-2/h3-9,16H,10-15,17H2,1-2H3,(H,25,30). The Kier molecular flexibility index (Phi) is 7.34. The van der Waals surface area contributed by atoms with E-state index >= 15 is 0 Å². The number of piperazine rings is 1. The van der Waals surface area contributed by atoms with E-state index in [9.17, 15) is 4.79 Å². The Hall–Kier alpha value is -2.97. The minimum absolute atomic E-state index is 0.0129. The molecule has 1 aliphatic rings. The molecule has 0 unspecified atom stereocenters. The SMILES string of the molecule is COc1cccc(Cc2nsc(N3CCN(CCNC(=O)c4ccc(C)cc4)CC3)n2)c1. The summed E-state index contributed by atoms with van der Waals surface area (Å²) in [4.78, 5) is 21.7. The van der Waals surface area contributed by atoms with E-state index in [2.05, 4.69) is 25.6 Å². The number of methoxy groups -OCH3 is 1. The summed E-state index contributed by atoms with van der Waals surface area (Å²) in [6, 6.07) is 15.7. The van der Waals surface area contributed by atoms with Crippen molar-refractivity contribution in [3.63, 3.8) is 0 Å². The number of ether oxygens (including phenoxy) is 1. The lowest BCUT2D eigenvalue weighted by molar-refractivity contribution is 0.0948. The number of carbonyl (C=O) groups is 1. The van der Waals surface area contributed by atoms with Crippen molar-refractivity contribution in [1.29, 1.82) is 0 Å². The average Bonchev–Trinajstić information content (AvgIpc) is 3.28. The number of nitrogens with zero attached hydrogens (tertiary/aromatic N) is 4. The molecule has 32 heavy (non-hydrogen) atoms. The molecule has 4 rings (SSSR count). The third-order valence-corrected chi connectivity index (χ3v) is 6.44. The Labute approximate surface area is 193 Å². The maximum Gasteiger partial charge on any atom is 0.251 e. The van der Waals surface area contributed by atoms with Gasteiger partial charge in [0.05, 0.1) is 7.11 Å². The minimum atomic E-state index is -0.0129. The van der Waals surface area contributed by atoms with Crippen LogP contribution in [0.25, 0.3) is 0 Å². The van der Waals surface area contributed by atoms with Gasteiger partial charge in [-0.05, 0) is 36.8 Å². The van der Waals surface area contributed by atoms with Gasteiger partial charge in [-0.25, -0.2) is 4.98 Å². The molecule has 7 nitrogen and oxygen atoms in total. The lowest BCUT2D eigenvalue weighted by atomic mass is 10.1. The zero-order chi connectivity index (χ0) is 22.3. The predicted octanol–water partition coefficient (Wildman–Crippen LogP) is 3.00. The lowest BCUT2D eigenvalue weighted by Crippen LogP contribution is -2.48. The van der Waals surface area contributed by atoms with E-state index in [0.29, 0.717) is 18.5 Å². The van der Waals surface area contributed by atoms with Gasteiger partial charge in [0.1, 0.15) is 11.6 Å². The maximum atomic E-state index is 12.2. The first kappa shape index (κ1) is 22.2. The molecule has 0 atom stereocenters. The van der Waals surface area contributed by atoms with Crippen LogP contribution in [0.1, 0.15) is 27.3 Å². The lowest BCUT2D eigenvalue weighted by Gasteiger charge is -2.34. The average molecular weight is 452 g/mol. The molecule has 1 aliphatic heterocycles. The maximum absolute atomic E-state index is 12.2. The van der Waals surface area contributed by atoms with E-state index in [1.807, 2.05) is 49.4 Å². The molecule has 1 aromatic heterocycles. The van der Waals surface area contributed by atoms with Gasteiger partial charge >= 0.3 is 0 Å². The molecular weight excluding hydrogens is 422 g/mol. The summed E-state index contributed by atoms with van der Waals surface area (Å²) in [6.07, 6.45) is 0.703. The number of amides is 1. The van der Waals surface area contributed by atoms with Crippen LogP contribution in [0.15, 0.2) is 48.5 Å². The van der Waals surface area contributed by atoms with E-state index in [-0.39, 0.29) is 5.91 Å². The number of hydrogen-bond donors (Lipinski definition) is 1. The fourth-order valence-corrected chi connectivity index (χ4v) is 4.44. The van der Waals surface area contributed by atoms with Crippen LogP contribution < -0.4 is 15.0 Å². The van der Waals surface area contributed by atoms with Crippen LogP contribution in [0.5, 0.6) is 5.75 Å². The van der Waals surface area contributed by atoms with Crippen molar-refractivity contribution in [2.45, 2.75) is 13.3 Å². The molecule has 1 amide bonds. The third kappa shape index (κ3) is 5.83. The molecule has 2 heterocycles. The summed E-state index contributed by atoms with van der Waals surface area (Å²) >= 11 is 1.46. The first-order valence-corrected chi connectivity index (χ1v) is 11.7. The Balaban J connectivity index is 1.21. The normalized spacial score (nSPS) is 14.4. The quantitative estimate of drug-likeness (QED) is 0.568. The first-order chi connectivity index (χ1) is 15.6.